The van der Waals surface area contributed by atoms with Gasteiger partial charge in [-0.3, -0.25) is 9.59 Å². The summed E-state index contributed by atoms with van der Waals surface area (Å²) in [5.41, 5.74) is 5.63. The van der Waals surface area contributed by atoms with Gasteiger partial charge < -0.3 is 19.9 Å². The number of piperidine rings is 1. The highest BCUT2D eigenvalue weighted by Gasteiger charge is 2.25. The van der Waals surface area contributed by atoms with Crippen LogP contribution in [0.4, 0.5) is 0 Å². The highest BCUT2D eigenvalue weighted by atomic mass is 16.5. The van der Waals surface area contributed by atoms with E-state index in [4.69, 9.17) is 10.5 Å². The van der Waals surface area contributed by atoms with E-state index in [1.54, 1.807) is 30.6 Å². The Labute approximate surface area is 151 Å². The molecule has 0 spiro atoms. The van der Waals surface area contributed by atoms with Gasteiger partial charge in [0, 0.05) is 32.1 Å². The Morgan fingerprint density at radius 3 is 2.73 bits per heavy atom. The fraction of sp³-hybridized carbons (Fsp3) is 0.444. The Morgan fingerprint density at radius 2 is 2.08 bits per heavy atom. The highest BCUT2D eigenvalue weighted by Crippen LogP contribution is 2.23. The van der Waals surface area contributed by atoms with Crippen LogP contribution in [0.25, 0.3) is 0 Å². The summed E-state index contributed by atoms with van der Waals surface area (Å²) in [5.74, 6) is 1.38. The summed E-state index contributed by atoms with van der Waals surface area (Å²) in [6, 6.07) is 6.85. The van der Waals surface area contributed by atoms with Gasteiger partial charge in [-0.05, 0) is 37.0 Å². The van der Waals surface area contributed by atoms with Gasteiger partial charge in [-0.25, -0.2) is 0 Å². The van der Waals surface area contributed by atoms with E-state index in [1.807, 2.05) is 16.5 Å². The number of primary amides is 1. The van der Waals surface area contributed by atoms with Crippen molar-refractivity contribution in [3.8, 4) is 5.75 Å². The fourth-order valence-electron chi connectivity index (χ4n) is 3.15. The molecule has 1 aromatic heterocycles. The summed E-state index contributed by atoms with van der Waals surface area (Å²) in [6.45, 7) is 1.23. The number of ether oxygens (including phenoxy) is 1. The van der Waals surface area contributed by atoms with Crippen LogP contribution in [0, 0.1) is 5.92 Å². The second-order valence-corrected chi connectivity index (χ2v) is 6.58. The van der Waals surface area contributed by atoms with Crippen LogP contribution in [0.3, 0.4) is 0 Å². The molecule has 1 aromatic carbocycles. The second-order valence-electron chi connectivity index (χ2n) is 6.58. The molecule has 0 unspecified atom stereocenters. The average molecular weight is 357 g/mol. The molecule has 2 heterocycles. The number of rotatable bonds is 6. The molecule has 2 aromatic rings. The Kier molecular flexibility index (Phi) is 5.50. The normalized spacial score (nSPS) is 15.0. The maximum absolute atomic E-state index is 12.7. The van der Waals surface area contributed by atoms with E-state index in [2.05, 4.69) is 10.2 Å². The van der Waals surface area contributed by atoms with Crippen molar-refractivity contribution < 1.29 is 14.3 Å². The fourth-order valence-corrected chi connectivity index (χ4v) is 3.15. The van der Waals surface area contributed by atoms with Crippen LogP contribution in [-0.2, 0) is 18.3 Å². The van der Waals surface area contributed by atoms with Gasteiger partial charge in [-0.2, -0.15) is 0 Å². The molecular weight excluding hydrogens is 334 g/mol. The van der Waals surface area contributed by atoms with E-state index < -0.39 is 5.91 Å². The first-order valence-corrected chi connectivity index (χ1v) is 8.66. The summed E-state index contributed by atoms with van der Waals surface area (Å²) in [7, 11) is 1.95. The predicted octanol–water partition coefficient (Wildman–Crippen LogP) is 0.774. The standard InChI is InChI=1S/C18H23N5O3/c1-22-12-20-21-17(22)9-13-5-7-23(8-6-13)18(25)14-3-2-4-15(10-14)26-11-16(19)24/h2-4,10,12-13H,5-9,11H2,1H3,(H2,19,24). The van der Waals surface area contributed by atoms with E-state index in [0.29, 0.717) is 30.3 Å². The third-order valence-electron chi connectivity index (χ3n) is 4.64. The molecule has 138 valence electrons. The molecule has 8 heteroatoms. The maximum Gasteiger partial charge on any atom is 0.255 e. The lowest BCUT2D eigenvalue weighted by Crippen LogP contribution is -2.39. The van der Waals surface area contributed by atoms with Gasteiger partial charge in [0.25, 0.3) is 11.8 Å². The molecule has 1 fully saturated rings. The lowest BCUT2D eigenvalue weighted by Gasteiger charge is -2.32. The van der Waals surface area contributed by atoms with Crippen molar-refractivity contribution in [1.82, 2.24) is 19.7 Å². The van der Waals surface area contributed by atoms with Gasteiger partial charge in [-0.15, -0.1) is 10.2 Å². The van der Waals surface area contributed by atoms with Gasteiger partial charge in [0.15, 0.2) is 6.61 Å². The Balaban J connectivity index is 1.55. The van der Waals surface area contributed by atoms with Crippen molar-refractivity contribution >= 4 is 11.8 Å². The number of likely N-dealkylation sites (tertiary alicyclic amines) is 1. The second kappa shape index (κ2) is 7.99. The van der Waals surface area contributed by atoms with E-state index in [0.717, 1.165) is 25.1 Å². The number of hydrogen-bond acceptors (Lipinski definition) is 5. The van der Waals surface area contributed by atoms with Crippen LogP contribution < -0.4 is 10.5 Å². The zero-order chi connectivity index (χ0) is 18.5. The maximum atomic E-state index is 12.7. The van der Waals surface area contributed by atoms with Crippen molar-refractivity contribution in [2.75, 3.05) is 19.7 Å². The van der Waals surface area contributed by atoms with Crippen molar-refractivity contribution in [1.29, 1.82) is 0 Å². The Bertz CT molecular complexity index is 781. The first-order valence-electron chi connectivity index (χ1n) is 8.66. The molecule has 0 bridgehead atoms. The van der Waals surface area contributed by atoms with E-state index in [9.17, 15) is 9.59 Å². The van der Waals surface area contributed by atoms with Crippen LogP contribution in [0.5, 0.6) is 5.75 Å². The van der Waals surface area contributed by atoms with Gasteiger partial charge >= 0.3 is 0 Å². The number of aryl methyl sites for hydroxylation is 1. The van der Waals surface area contributed by atoms with Crippen molar-refractivity contribution in [2.45, 2.75) is 19.3 Å². The number of nitrogens with zero attached hydrogens (tertiary/aromatic N) is 4. The predicted molar refractivity (Wildman–Crippen MR) is 94.5 cm³/mol. The molecule has 8 nitrogen and oxygen atoms in total. The van der Waals surface area contributed by atoms with E-state index in [-0.39, 0.29) is 12.5 Å². The third kappa shape index (κ3) is 4.38. The lowest BCUT2D eigenvalue weighted by molar-refractivity contribution is -0.119. The number of carbonyl (C=O) groups is 2. The smallest absolute Gasteiger partial charge is 0.255 e. The first kappa shape index (κ1) is 17.9. The van der Waals surface area contributed by atoms with Crippen LogP contribution in [0.15, 0.2) is 30.6 Å². The molecule has 1 aliphatic rings. The summed E-state index contributed by atoms with van der Waals surface area (Å²) in [6.07, 6.45) is 4.48. The molecule has 26 heavy (non-hydrogen) atoms. The quantitative estimate of drug-likeness (QED) is 0.823. The molecule has 0 radical (unpaired) electrons. The van der Waals surface area contributed by atoms with Crippen LogP contribution in [0.1, 0.15) is 29.0 Å². The van der Waals surface area contributed by atoms with Crippen LogP contribution in [-0.4, -0.2) is 51.2 Å². The van der Waals surface area contributed by atoms with Crippen molar-refractivity contribution in [3.63, 3.8) is 0 Å². The molecule has 1 aliphatic heterocycles. The number of amides is 2. The molecule has 0 atom stereocenters. The monoisotopic (exact) mass is 357 g/mol. The summed E-state index contributed by atoms with van der Waals surface area (Å²) in [5, 5.41) is 8.05. The number of benzene rings is 1. The van der Waals surface area contributed by atoms with Gasteiger partial charge in [0.2, 0.25) is 0 Å². The van der Waals surface area contributed by atoms with Gasteiger partial charge in [0.1, 0.15) is 17.9 Å². The lowest BCUT2D eigenvalue weighted by atomic mass is 9.93. The molecule has 1 saturated heterocycles. The first-order chi connectivity index (χ1) is 12.5. The Morgan fingerprint density at radius 1 is 1.31 bits per heavy atom. The van der Waals surface area contributed by atoms with Crippen molar-refractivity contribution in [3.05, 3.63) is 42.0 Å². The summed E-state index contributed by atoms with van der Waals surface area (Å²) < 4.78 is 7.21. The van der Waals surface area contributed by atoms with Gasteiger partial charge in [-0.1, -0.05) is 6.07 Å². The summed E-state index contributed by atoms with van der Waals surface area (Å²) in [4.78, 5) is 25.4. The minimum atomic E-state index is -0.549. The van der Waals surface area contributed by atoms with Crippen LogP contribution >= 0.6 is 0 Å². The van der Waals surface area contributed by atoms with Crippen LogP contribution in [0.2, 0.25) is 0 Å². The molecule has 0 aliphatic carbocycles. The van der Waals surface area contributed by atoms with Crippen molar-refractivity contribution in [2.24, 2.45) is 18.7 Å². The summed E-state index contributed by atoms with van der Waals surface area (Å²) >= 11 is 0. The molecular formula is C18H23N5O3. The number of nitrogens with two attached hydrogens (primary N) is 1. The largest absolute Gasteiger partial charge is 0.484 e. The number of carbonyl (C=O) groups excluding carboxylic acids is 2. The molecule has 3 rings (SSSR count). The number of aromatic nitrogens is 3. The molecule has 2 N–H and O–H groups in total. The number of hydrogen-bond donors (Lipinski definition) is 1. The van der Waals surface area contributed by atoms with E-state index in [1.165, 1.54) is 0 Å². The van der Waals surface area contributed by atoms with E-state index >= 15 is 0 Å². The van der Waals surface area contributed by atoms with Gasteiger partial charge in [0.05, 0.1) is 0 Å². The minimum absolute atomic E-state index is 0.0216. The minimum Gasteiger partial charge on any atom is -0.484 e. The zero-order valence-corrected chi connectivity index (χ0v) is 14.8. The topological polar surface area (TPSA) is 103 Å². The molecule has 0 saturated carbocycles. The third-order valence-corrected chi connectivity index (χ3v) is 4.64. The SMILES string of the molecule is Cn1cnnc1CC1CCN(C(=O)c2cccc(OCC(N)=O)c2)CC1. The highest BCUT2D eigenvalue weighted by molar-refractivity contribution is 5.94. The average Bonchev–Trinajstić information content (AvgIpc) is 3.05. The Hall–Kier alpha value is -2.90. The zero-order valence-electron chi connectivity index (χ0n) is 14.8. The molecule has 2 amide bonds.